The Balaban J connectivity index is 1.56. The van der Waals surface area contributed by atoms with Crippen LogP contribution in [0.25, 0.3) is 11.8 Å². The zero-order valence-corrected chi connectivity index (χ0v) is 19.4. The number of carbonyl (C=O) groups is 1. The van der Waals surface area contributed by atoms with E-state index in [4.69, 9.17) is 10.5 Å². The Kier molecular flexibility index (Phi) is 8.94. The van der Waals surface area contributed by atoms with Crippen LogP contribution in [-0.2, 0) is 11.2 Å². The molecule has 0 atom stereocenters. The fourth-order valence-corrected chi connectivity index (χ4v) is 3.34. The lowest BCUT2D eigenvalue weighted by Crippen LogP contribution is -2.22. The van der Waals surface area contributed by atoms with Gasteiger partial charge in [-0.3, -0.25) is 4.79 Å². The minimum absolute atomic E-state index is 0.0901. The molecule has 1 aromatic heterocycles. The number of nitrogens with one attached hydrogen (secondary N) is 1. The normalized spacial score (nSPS) is 11.0. The summed E-state index contributed by atoms with van der Waals surface area (Å²) in [6.07, 6.45) is 3.69. The van der Waals surface area contributed by atoms with Crippen LogP contribution in [0.15, 0.2) is 48.5 Å². The van der Waals surface area contributed by atoms with E-state index in [9.17, 15) is 23.2 Å². The average molecular weight is 499 g/mol. The summed E-state index contributed by atoms with van der Waals surface area (Å²) in [5, 5.41) is 16.6. The fraction of sp³-hybridized carbons (Fsp3) is 0.240. The van der Waals surface area contributed by atoms with Gasteiger partial charge in [-0.25, -0.2) is 9.07 Å². The number of hydrogen-bond donors (Lipinski definition) is 2. The van der Waals surface area contributed by atoms with Crippen LogP contribution in [0.5, 0.6) is 11.5 Å². The molecule has 3 rings (SSSR count). The summed E-state index contributed by atoms with van der Waals surface area (Å²) in [4.78, 5) is 12.2. The molecule has 0 bridgehead atoms. The Labute approximate surface area is 205 Å². The summed E-state index contributed by atoms with van der Waals surface area (Å²) in [7, 11) is 0. The van der Waals surface area contributed by atoms with Crippen LogP contribution in [0.1, 0.15) is 30.2 Å². The molecule has 0 aliphatic heterocycles. The van der Waals surface area contributed by atoms with Gasteiger partial charge in [0.2, 0.25) is 5.91 Å². The van der Waals surface area contributed by atoms with Crippen LogP contribution in [0.3, 0.4) is 0 Å². The third-order valence-corrected chi connectivity index (χ3v) is 4.98. The maximum atomic E-state index is 13.2. The molecule has 36 heavy (non-hydrogen) atoms. The molecular weight excluding hydrogens is 475 g/mol. The molecule has 188 valence electrons. The molecule has 0 aliphatic rings. The van der Waals surface area contributed by atoms with Crippen molar-refractivity contribution in [2.45, 2.75) is 26.4 Å². The first-order valence-electron chi connectivity index (χ1n) is 11.0. The van der Waals surface area contributed by atoms with E-state index in [0.717, 1.165) is 0 Å². The standard InChI is InChI=1S/C25H24F3N5O3/c1-2-35-22-14-16(5-11-21(22)36-25(27)28)6-12-23(34)31-13-3-4-20-19(15-29)24(30)33(32-20)18-9-7-17(26)8-10-18/h5-12,14,25H,2-4,13,30H2,1H3,(H,31,34)/b12-6+. The number of rotatable bonds is 11. The number of aryl methyl sites for hydroxylation is 1. The molecular formula is C25H24F3N5O3. The lowest BCUT2D eigenvalue weighted by atomic mass is 10.1. The summed E-state index contributed by atoms with van der Waals surface area (Å²) in [5.41, 5.74) is 7.84. The van der Waals surface area contributed by atoms with Gasteiger partial charge >= 0.3 is 6.61 Å². The van der Waals surface area contributed by atoms with Crippen molar-refractivity contribution >= 4 is 17.8 Å². The monoisotopic (exact) mass is 499 g/mol. The van der Waals surface area contributed by atoms with Crippen LogP contribution in [0.4, 0.5) is 19.0 Å². The van der Waals surface area contributed by atoms with Crippen LogP contribution in [-0.4, -0.2) is 35.5 Å². The Morgan fingerprint density at radius 3 is 2.67 bits per heavy atom. The molecule has 8 nitrogen and oxygen atoms in total. The summed E-state index contributed by atoms with van der Waals surface area (Å²) in [6.45, 7) is -0.700. The number of amides is 1. The van der Waals surface area contributed by atoms with Crippen LogP contribution in [0, 0.1) is 17.1 Å². The van der Waals surface area contributed by atoms with Crippen molar-refractivity contribution in [3.05, 3.63) is 71.2 Å². The quantitative estimate of drug-likeness (QED) is 0.301. The molecule has 0 saturated heterocycles. The number of benzene rings is 2. The summed E-state index contributed by atoms with van der Waals surface area (Å²) >= 11 is 0. The predicted molar refractivity (Wildman–Crippen MR) is 127 cm³/mol. The summed E-state index contributed by atoms with van der Waals surface area (Å²) < 4.78 is 49.4. The first-order valence-corrected chi connectivity index (χ1v) is 11.0. The minimum Gasteiger partial charge on any atom is -0.490 e. The number of nitrogens with zero attached hydrogens (tertiary/aromatic N) is 3. The molecule has 1 heterocycles. The van der Waals surface area contributed by atoms with Crippen molar-refractivity contribution in [2.24, 2.45) is 0 Å². The van der Waals surface area contributed by atoms with Crippen molar-refractivity contribution in [3.8, 4) is 23.3 Å². The molecule has 0 radical (unpaired) electrons. The number of anilines is 1. The third kappa shape index (κ3) is 6.79. The highest BCUT2D eigenvalue weighted by molar-refractivity contribution is 5.91. The first-order chi connectivity index (χ1) is 17.3. The van der Waals surface area contributed by atoms with Gasteiger partial charge < -0.3 is 20.5 Å². The molecule has 3 aromatic rings. The second-order valence-electron chi connectivity index (χ2n) is 7.45. The maximum Gasteiger partial charge on any atom is 0.387 e. The van der Waals surface area contributed by atoms with Gasteiger partial charge in [-0.05, 0) is 67.8 Å². The van der Waals surface area contributed by atoms with Gasteiger partial charge in [-0.15, -0.1) is 0 Å². The smallest absolute Gasteiger partial charge is 0.387 e. The number of carbonyl (C=O) groups excluding carboxylic acids is 1. The summed E-state index contributed by atoms with van der Waals surface area (Å²) in [5.74, 6) is -0.552. The van der Waals surface area contributed by atoms with Crippen LogP contribution >= 0.6 is 0 Å². The van der Waals surface area contributed by atoms with Gasteiger partial charge in [0.25, 0.3) is 0 Å². The molecule has 11 heteroatoms. The van der Waals surface area contributed by atoms with E-state index in [1.54, 1.807) is 6.92 Å². The minimum atomic E-state index is -2.98. The Bertz CT molecular complexity index is 1270. The lowest BCUT2D eigenvalue weighted by molar-refractivity contribution is -0.116. The van der Waals surface area contributed by atoms with E-state index in [0.29, 0.717) is 36.3 Å². The zero-order valence-electron chi connectivity index (χ0n) is 19.4. The second kappa shape index (κ2) is 12.3. The average Bonchev–Trinajstić information content (AvgIpc) is 3.17. The third-order valence-electron chi connectivity index (χ3n) is 4.98. The number of aromatic nitrogens is 2. The number of halogens is 3. The molecule has 0 fully saturated rings. The van der Waals surface area contributed by atoms with Crippen molar-refractivity contribution in [2.75, 3.05) is 18.9 Å². The molecule has 0 saturated carbocycles. The fourth-order valence-electron chi connectivity index (χ4n) is 3.34. The van der Waals surface area contributed by atoms with Gasteiger partial charge in [-0.1, -0.05) is 6.07 Å². The Morgan fingerprint density at radius 2 is 2.00 bits per heavy atom. The lowest BCUT2D eigenvalue weighted by Gasteiger charge is -2.11. The zero-order chi connectivity index (χ0) is 26.1. The van der Waals surface area contributed by atoms with Gasteiger partial charge in [0.05, 0.1) is 18.0 Å². The number of nitrogens with two attached hydrogens (primary N) is 1. The number of nitrogen functional groups attached to an aromatic ring is 1. The van der Waals surface area contributed by atoms with E-state index in [-0.39, 0.29) is 35.4 Å². The highest BCUT2D eigenvalue weighted by Gasteiger charge is 2.16. The highest BCUT2D eigenvalue weighted by atomic mass is 19.3. The predicted octanol–water partition coefficient (Wildman–Crippen LogP) is 4.23. The van der Waals surface area contributed by atoms with Crippen molar-refractivity contribution < 1.29 is 27.4 Å². The van der Waals surface area contributed by atoms with E-state index in [1.165, 1.54) is 59.3 Å². The number of alkyl halides is 2. The molecule has 0 aliphatic carbocycles. The second-order valence-corrected chi connectivity index (χ2v) is 7.45. The van der Waals surface area contributed by atoms with Crippen molar-refractivity contribution in [3.63, 3.8) is 0 Å². The molecule has 0 spiro atoms. The topological polar surface area (TPSA) is 115 Å². The molecule has 0 unspecified atom stereocenters. The Morgan fingerprint density at radius 1 is 1.25 bits per heavy atom. The van der Waals surface area contributed by atoms with E-state index < -0.39 is 12.4 Å². The Hall–Kier alpha value is -4.46. The van der Waals surface area contributed by atoms with Crippen molar-refractivity contribution in [1.82, 2.24) is 15.1 Å². The van der Waals surface area contributed by atoms with Gasteiger partial charge in [-0.2, -0.15) is 19.1 Å². The number of ether oxygens (including phenoxy) is 2. The molecule has 2 aromatic carbocycles. The largest absolute Gasteiger partial charge is 0.490 e. The number of hydrogen-bond acceptors (Lipinski definition) is 6. The molecule has 1 amide bonds. The highest BCUT2D eigenvalue weighted by Crippen LogP contribution is 2.30. The SMILES string of the molecule is CCOc1cc(/C=C/C(=O)NCCCc2nn(-c3ccc(F)cc3)c(N)c2C#N)ccc1OC(F)F. The van der Waals surface area contributed by atoms with Crippen LogP contribution in [0.2, 0.25) is 0 Å². The van der Waals surface area contributed by atoms with Crippen LogP contribution < -0.4 is 20.5 Å². The van der Waals surface area contributed by atoms with Gasteiger partial charge in [0, 0.05) is 12.6 Å². The maximum absolute atomic E-state index is 13.2. The molecule has 3 N–H and O–H groups in total. The van der Waals surface area contributed by atoms with E-state index >= 15 is 0 Å². The van der Waals surface area contributed by atoms with E-state index in [1.807, 2.05) is 6.07 Å². The van der Waals surface area contributed by atoms with Gasteiger partial charge in [0.1, 0.15) is 23.3 Å². The van der Waals surface area contributed by atoms with E-state index in [2.05, 4.69) is 15.2 Å². The first kappa shape index (κ1) is 26.2. The number of nitriles is 1. The summed E-state index contributed by atoms with van der Waals surface area (Å²) in [6, 6.07) is 12.0. The van der Waals surface area contributed by atoms with Crippen molar-refractivity contribution in [1.29, 1.82) is 5.26 Å². The van der Waals surface area contributed by atoms with Gasteiger partial charge in [0.15, 0.2) is 11.5 Å².